The molecule has 1 N–H and O–H groups in total. The molecule has 0 fully saturated rings. The zero-order chi connectivity index (χ0) is 14.6. The van der Waals surface area contributed by atoms with E-state index in [2.05, 4.69) is 0 Å². The van der Waals surface area contributed by atoms with Gasteiger partial charge in [-0.3, -0.25) is 9.59 Å². The summed E-state index contributed by atoms with van der Waals surface area (Å²) in [5.74, 6) is -0.832. The van der Waals surface area contributed by atoms with Gasteiger partial charge in [-0.25, -0.2) is 0 Å². The van der Waals surface area contributed by atoms with Crippen LogP contribution in [0.5, 0.6) is 0 Å². The maximum Gasteiger partial charge on any atom is 0.311 e. The van der Waals surface area contributed by atoms with Gasteiger partial charge < -0.3 is 14.6 Å². The van der Waals surface area contributed by atoms with Crippen molar-refractivity contribution in [3.63, 3.8) is 0 Å². The van der Waals surface area contributed by atoms with E-state index in [4.69, 9.17) is 14.6 Å². The predicted molar refractivity (Wildman–Crippen MR) is 66.8 cm³/mol. The van der Waals surface area contributed by atoms with Crippen molar-refractivity contribution in [2.24, 2.45) is 10.8 Å². The lowest BCUT2D eigenvalue weighted by molar-refractivity contribution is -0.171. The molecule has 0 aliphatic carbocycles. The molecular weight excluding hydrogens is 236 g/mol. The highest BCUT2D eigenvalue weighted by Crippen LogP contribution is 2.18. The van der Waals surface area contributed by atoms with Gasteiger partial charge in [-0.15, -0.1) is 0 Å². The molecular formula is C13H24O5. The Labute approximate surface area is 108 Å². The van der Waals surface area contributed by atoms with Gasteiger partial charge in [0, 0.05) is 0 Å². The second kappa shape index (κ2) is 6.18. The zero-order valence-corrected chi connectivity index (χ0v) is 12.1. The van der Waals surface area contributed by atoms with E-state index < -0.39 is 28.9 Å². The van der Waals surface area contributed by atoms with Crippen molar-refractivity contribution in [2.45, 2.75) is 47.6 Å². The Bertz CT molecular complexity index is 295. The Morgan fingerprint density at radius 1 is 1.00 bits per heavy atom. The number of rotatable bonds is 4. The average Bonchev–Trinajstić information content (AvgIpc) is 2.20. The van der Waals surface area contributed by atoms with Crippen LogP contribution in [0.25, 0.3) is 0 Å². The zero-order valence-electron chi connectivity index (χ0n) is 12.1. The van der Waals surface area contributed by atoms with E-state index in [1.54, 1.807) is 41.5 Å². The minimum absolute atomic E-state index is 0.131. The van der Waals surface area contributed by atoms with Crippen LogP contribution in [0.4, 0.5) is 0 Å². The SMILES string of the molecule is CC(C)(C)C(=O)OC[C@H](CO)OC(=O)C(C)(C)C. The topological polar surface area (TPSA) is 72.8 Å². The molecule has 0 aliphatic rings. The van der Waals surface area contributed by atoms with Crippen molar-refractivity contribution in [3.05, 3.63) is 0 Å². The minimum atomic E-state index is -0.817. The number of hydrogen-bond acceptors (Lipinski definition) is 5. The second-order valence-corrected chi connectivity index (χ2v) is 6.31. The quantitative estimate of drug-likeness (QED) is 0.776. The lowest BCUT2D eigenvalue weighted by Gasteiger charge is -2.23. The normalized spacial score (nSPS) is 13.9. The standard InChI is InChI=1S/C13H24O5/c1-12(2,3)10(15)17-8-9(7-14)18-11(16)13(4,5)6/h9,14H,7-8H2,1-6H3/t9-/m0/s1. The fourth-order valence-corrected chi connectivity index (χ4v) is 0.837. The molecule has 1 atom stereocenters. The summed E-state index contributed by atoms with van der Waals surface area (Å²) in [7, 11) is 0. The van der Waals surface area contributed by atoms with Crippen LogP contribution < -0.4 is 0 Å². The van der Waals surface area contributed by atoms with Crippen molar-refractivity contribution in [1.82, 2.24) is 0 Å². The number of esters is 2. The summed E-state index contributed by atoms with van der Waals surface area (Å²) in [5, 5.41) is 9.09. The summed E-state index contributed by atoms with van der Waals surface area (Å²) in [6.45, 7) is 9.81. The molecule has 0 spiro atoms. The van der Waals surface area contributed by atoms with Crippen molar-refractivity contribution in [2.75, 3.05) is 13.2 Å². The molecule has 0 radical (unpaired) electrons. The Balaban J connectivity index is 4.30. The number of carbonyl (C=O) groups excluding carboxylic acids is 2. The molecule has 0 aliphatic heterocycles. The van der Waals surface area contributed by atoms with E-state index in [1.165, 1.54) is 0 Å². The summed E-state index contributed by atoms with van der Waals surface area (Å²) in [5.41, 5.74) is -1.27. The third-order valence-electron chi connectivity index (χ3n) is 2.10. The molecule has 0 saturated heterocycles. The predicted octanol–water partition coefficient (Wildman–Crippen LogP) is 1.53. The van der Waals surface area contributed by atoms with Gasteiger partial charge in [0.2, 0.25) is 0 Å². The van der Waals surface area contributed by atoms with Crippen molar-refractivity contribution in [3.8, 4) is 0 Å². The van der Waals surface area contributed by atoms with E-state index in [-0.39, 0.29) is 13.2 Å². The highest BCUT2D eigenvalue weighted by molar-refractivity contribution is 5.76. The Kier molecular flexibility index (Phi) is 5.80. The van der Waals surface area contributed by atoms with E-state index in [0.29, 0.717) is 0 Å². The first-order valence-electron chi connectivity index (χ1n) is 5.97. The number of ether oxygens (including phenoxy) is 2. The van der Waals surface area contributed by atoms with Gasteiger partial charge in [0.15, 0.2) is 6.10 Å². The molecule has 18 heavy (non-hydrogen) atoms. The molecule has 0 unspecified atom stereocenters. The summed E-state index contributed by atoms with van der Waals surface area (Å²) in [6.07, 6.45) is -0.817. The van der Waals surface area contributed by atoms with Crippen LogP contribution in [-0.4, -0.2) is 36.4 Å². The Hall–Kier alpha value is -1.10. The first-order valence-corrected chi connectivity index (χ1v) is 5.97. The molecule has 0 bridgehead atoms. The highest BCUT2D eigenvalue weighted by atomic mass is 16.6. The maximum absolute atomic E-state index is 11.6. The number of aliphatic hydroxyl groups is 1. The van der Waals surface area contributed by atoms with Gasteiger partial charge in [-0.05, 0) is 41.5 Å². The third kappa shape index (κ3) is 6.00. The van der Waals surface area contributed by atoms with Crippen LogP contribution in [0.1, 0.15) is 41.5 Å². The molecule has 0 rings (SSSR count). The van der Waals surface area contributed by atoms with Crippen LogP contribution in [-0.2, 0) is 19.1 Å². The fourth-order valence-electron chi connectivity index (χ4n) is 0.837. The molecule has 0 aromatic heterocycles. The summed E-state index contributed by atoms with van der Waals surface area (Å²) < 4.78 is 10.1. The van der Waals surface area contributed by atoms with E-state index in [9.17, 15) is 9.59 Å². The van der Waals surface area contributed by atoms with Gasteiger partial charge in [0.25, 0.3) is 0 Å². The van der Waals surface area contributed by atoms with Gasteiger partial charge in [-0.1, -0.05) is 0 Å². The van der Waals surface area contributed by atoms with E-state index in [0.717, 1.165) is 0 Å². The average molecular weight is 260 g/mol. The molecule has 0 aromatic rings. The number of aliphatic hydroxyl groups excluding tert-OH is 1. The Morgan fingerprint density at radius 2 is 1.44 bits per heavy atom. The molecule has 106 valence electrons. The fraction of sp³-hybridized carbons (Fsp3) is 0.846. The minimum Gasteiger partial charge on any atom is -0.461 e. The second-order valence-electron chi connectivity index (χ2n) is 6.31. The molecule has 5 heteroatoms. The largest absolute Gasteiger partial charge is 0.461 e. The van der Waals surface area contributed by atoms with E-state index >= 15 is 0 Å². The number of hydrogen-bond donors (Lipinski definition) is 1. The van der Waals surface area contributed by atoms with Crippen LogP contribution in [0, 0.1) is 10.8 Å². The molecule has 0 heterocycles. The molecule has 0 aromatic carbocycles. The Morgan fingerprint density at radius 3 is 1.78 bits per heavy atom. The monoisotopic (exact) mass is 260 g/mol. The van der Waals surface area contributed by atoms with Gasteiger partial charge >= 0.3 is 11.9 Å². The summed E-state index contributed by atoms with van der Waals surface area (Å²) in [6, 6.07) is 0. The summed E-state index contributed by atoms with van der Waals surface area (Å²) in [4.78, 5) is 23.1. The van der Waals surface area contributed by atoms with Crippen molar-refractivity contribution >= 4 is 11.9 Å². The smallest absolute Gasteiger partial charge is 0.311 e. The van der Waals surface area contributed by atoms with Crippen LogP contribution in [0.15, 0.2) is 0 Å². The van der Waals surface area contributed by atoms with Gasteiger partial charge in [0.1, 0.15) is 6.61 Å². The summed E-state index contributed by atoms with van der Waals surface area (Å²) >= 11 is 0. The first-order chi connectivity index (χ1) is 7.98. The van der Waals surface area contributed by atoms with Crippen molar-refractivity contribution in [1.29, 1.82) is 0 Å². The lowest BCUT2D eigenvalue weighted by atomic mass is 9.97. The molecule has 0 amide bonds. The van der Waals surface area contributed by atoms with Gasteiger partial charge in [0.05, 0.1) is 17.4 Å². The number of carbonyl (C=O) groups is 2. The van der Waals surface area contributed by atoms with E-state index in [1.807, 2.05) is 0 Å². The third-order valence-corrected chi connectivity index (χ3v) is 2.10. The highest BCUT2D eigenvalue weighted by Gasteiger charge is 2.28. The maximum atomic E-state index is 11.6. The van der Waals surface area contributed by atoms with Gasteiger partial charge in [-0.2, -0.15) is 0 Å². The van der Waals surface area contributed by atoms with Crippen LogP contribution in [0.2, 0.25) is 0 Å². The first kappa shape index (κ1) is 16.9. The molecule has 0 saturated carbocycles. The van der Waals surface area contributed by atoms with Crippen LogP contribution >= 0.6 is 0 Å². The van der Waals surface area contributed by atoms with Crippen LogP contribution in [0.3, 0.4) is 0 Å². The lowest BCUT2D eigenvalue weighted by Crippen LogP contribution is -2.35. The molecule has 5 nitrogen and oxygen atoms in total. The van der Waals surface area contributed by atoms with Crippen molar-refractivity contribution < 1.29 is 24.2 Å².